The fourth-order valence-electron chi connectivity index (χ4n) is 5.13. The number of furan rings is 1. The first-order chi connectivity index (χ1) is 16.4. The van der Waals surface area contributed by atoms with Crippen LogP contribution in [0.3, 0.4) is 0 Å². The molecule has 34 heavy (non-hydrogen) atoms. The maximum absolute atomic E-state index is 13.4. The van der Waals surface area contributed by atoms with Crippen LogP contribution in [0.4, 0.5) is 0 Å². The van der Waals surface area contributed by atoms with Gasteiger partial charge in [-0.2, -0.15) is 0 Å². The summed E-state index contributed by atoms with van der Waals surface area (Å²) in [4.78, 5) is 28.6. The molecule has 2 aromatic carbocycles. The molecule has 1 amide bonds. The molecular formula is C27H29ClN2O4. The quantitative estimate of drug-likeness (QED) is 0.472. The van der Waals surface area contributed by atoms with Gasteiger partial charge in [0.1, 0.15) is 16.9 Å². The van der Waals surface area contributed by atoms with Crippen molar-refractivity contribution in [1.82, 2.24) is 10.2 Å². The van der Waals surface area contributed by atoms with E-state index in [9.17, 15) is 9.59 Å². The van der Waals surface area contributed by atoms with Crippen molar-refractivity contribution in [3.63, 3.8) is 0 Å². The third-order valence-corrected chi connectivity index (χ3v) is 7.22. The number of ether oxygens (including phenoxy) is 1. The first-order valence-electron chi connectivity index (χ1n) is 11.9. The molecule has 1 aromatic heterocycles. The van der Waals surface area contributed by atoms with Crippen molar-refractivity contribution < 1.29 is 18.7 Å². The number of rotatable bonds is 6. The highest BCUT2D eigenvalue weighted by Crippen LogP contribution is 2.44. The summed E-state index contributed by atoms with van der Waals surface area (Å²) in [6.45, 7) is 7.61. The van der Waals surface area contributed by atoms with Crippen LogP contribution in [0, 0.1) is 6.92 Å². The number of hydrogen-bond donors (Lipinski definition) is 1. The van der Waals surface area contributed by atoms with Crippen LogP contribution < -0.4 is 10.1 Å². The summed E-state index contributed by atoms with van der Waals surface area (Å²) in [6, 6.07) is 10.9. The molecule has 0 spiro atoms. The molecule has 2 aliphatic heterocycles. The van der Waals surface area contributed by atoms with Gasteiger partial charge in [-0.05, 0) is 82.6 Å². The third-order valence-electron chi connectivity index (χ3n) is 6.96. The van der Waals surface area contributed by atoms with Crippen molar-refractivity contribution >= 4 is 34.3 Å². The van der Waals surface area contributed by atoms with E-state index in [1.165, 1.54) is 12.8 Å². The van der Waals surface area contributed by atoms with Gasteiger partial charge in [0.25, 0.3) is 5.91 Å². The van der Waals surface area contributed by atoms with Crippen LogP contribution >= 0.6 is 11.6 Å². The van der Waals surface area contributed by atoms with Crippen LogP contribution in [0.1, 0.15) is 64.6 Å². The molecule has 7 heteroatoms. The highest BCUT2D eigenvalue weighted by atomic mass is 35.5. The van der Waals surface area contributed by atoms with E-state index in [1.54, 1.807) is 24.3 Å². The van der Waals surface area contributed by atoms with Crippen LogP contribution in [0.25, 0.3) is 11.0 Å². The Labute approximate surface area is 204 Å². The van der Waals surface area contributed by atoms with E-state index >= 15 is 0 Å². The lowest BCUT2D eigenvalue weighted by molar-refractivity contribution is 0.0507. The summed E-state index contributed by atoms with van der Waals surface area (Å²) >= 11 is 6.03. The van der Waals surface area contributed by atoms with Crippen LogP contribution in [0.15, 0.2) is 40.8 Å². The average Bonchev–Trinajstić information content (AvgIpc) is 3.45. The molecule has 3 aromatic rings. The topological polar surface area (TPSA) is 71.8 Å². The zero-order chi connectivity index (χ0) is 23.9. The zero-order valence-electron chi connectivity index (χ0n) is 19.6. The number of carbonyl (C=O) groups excluding carboxylic acids is 2. The molecular weight excluding hydrogens is 452 g/mol. The van der Waals surface area contributed by atoms with Gasteiger partial charge in [-0.3, -0.25) is 9.59 Å². The predicted molar refractivity (Wildman–Crippen MR) is 132 cm³/mol. The highest BCUT2D eigenvalue weighted by molar-refractivity contribution is 6.30. The molecule has 0 bridgehead atoms. The van der Waals surface area contributed by atoms with Gasteiger partial charge < -0.3 is 19.4 Å². The van der Waals surface area contributed by atoms with Crippen molar-refractivity contribution in [2.75, 3.05) is 26.2 Å². The van der Waals surface area contributed by atoms with Gasteiger partial charge in [0.15, 0.2) is 11.5 Å². The van der Waals surface area contributed by atoms with Crippen LogP contribution in [0.5, 0.6) is 5.75 Å². The Bertz CT molecular complexity index is 1240. The Balaban J connectivity index is 1.37. The van der Waals surface area contributed by atoms with Crippen LogP contribution in [0.2, 0.25) is 5.02 Å². The molecule has 0 unspecified atom stereocenters. The number of ketones is 1. The smallest absolute Gasteiger partial charge is 0.287 e. The Morgan fingerprint density at radius 3 is 2.62 bits per heavy atom. The maximum Gasteiger partial charge on any atom is 0.287 e. The molecule has 1 N–H and O–H groups in total. The Hall–Kier alpha value is -2.83. The lowest BCUT2D eigenvalue weighted by Gasteiger charge is -2.35. The number of aryl methyl sites for hydroxylation is 1. The first-order valence-corrected chi connectivity index (χ1v) is 12.3. The van der Waals surface area contributed by atoms with Crippen molar-refractivity contribution in [2.24, 2.45) is 0 Å². The molecule has 1 atom stereocenters. The Morgan fingerprint density at radius 1 is 1.15 bits per heavy atom. The number of amides is 1. The van der Waals surface area contributed by atoms with E-state index in [0.29, 0.717) is 39.4 Å². The number of Topliss-reactive ketones (excluding diaryl/α,β-unsaturated/α-hetero) is 1. The number of carbonyl (C=O) groups is 2. The number of halogens is 1. The van der Waals surface area contributed by atoms with E-state index in [4.69, 9.17) is 20.8 Å². The fourth-order valence-corrected chi connectivity index (χ4v) is 5.25. The van der Waals surface area contributed by atoms with E-state index < -0.39 is 5.60 Å². The lowest BCUT2D eigenvalue weighted by atomic mass is 9.84. The second-order valence-electron chi connectivity index (χ2n) is 9.47. The fraction of sp³-hybridized carbons (Fsp3) is 0.407. The van der Waals surface area contributed by atoms with Crippen LogP contribution in [-0.4, -0.2) is 42.8 Å². The number of fused-ring (bicyclic) bond motifs is 3. The van der Waals surface area contributed by atoms with Crippen molar-refractivity contribution in [3.8, 4) is 5.75 Å². The molecule has 2 aliphatic rings. The Kier molecular flexibility index (Phi) is 6.13. The SMILES string of the molecule is Cc1c(C(=O)NCCCN2CCCC2)oc2ccc3c(c12)C(=O)C[C@@](C)(c1ccc(Cl)cc1)O3. The summed E-state index contributed by atoms with van der Waals surface area (Å²) in [5.41, 5.74) is 1.75. The summed E-state index contributed by atoms with van der Waals surface area (Å²) in [5.74, 6) is 0.468. The van der Waals surface area contributed by atoms with Gasteiger partial charge in [0, 0.05) is 22.5 Å². The normalized spacial score (nSPS) is 20.4. The number of benzene rings is 2. The van der Waals surface area contributed by atoms with E-state index in [1.807, 2.05) is 26.0 Å². The monoisotopic (exact) mass is 480 g/mol. The molecule has 5 rings (SSSR count). The first kappa shape index (κ1) is 22.9. The average molecular weight is 481 g/mol. The predicted octanol–water partition coefficient (Wildman–Crippen LogP) is 5.49. The summed E-state index contributed by atoms with van der Waals surface area (Å²) < 4.78 is 12.3. The number of hydrogen-bond acceptors (Lipinski definition) is 5. The molecule has 6 nitrogen and oxygen atoms in total. The molecule has 178 valence electrons. The van der Waals surface area contributed by atoms with E-state index in [2.05, 4.69) is 10.2 Å². The van der Waals surface area contributed by atoms with Crippen molar-refractivity contribution in [1.29, 1.82) is 0 Å². The largest absolute Gasteiger partial charge is 0.482 e. The minimum absolute atomic E-state index is 0.0363. The number of likely N-dealkylation sites (tertiary alicyclic amines) is 1. The van der Waals surface area contributed by atoms with Gasteiger partial charge in [0.2, 0.25) is 0 Å². The van der Waals surface area contributed by atoms with Gasteiger partial charge >= 0.3 is 0 Å². The zero-order valence-corrected chi connectivity index (χ0v) is 20.3. The van der Waals surface area contributed by atoms with Gasteiger partial charge in [-0.1, -0.05) is 23.7 Å². The molecule has 0 radical (unpaired) electrons. The third kappa shape index (κ3) is 4.21. The lowest BCUT2D eigenvalue weighted by Crippen LogP contribution is -2.36. The second-order valence-corrected chi connectivity index (χ2v) is 9.90. The highest BCUT2D eigenvalue weighted by Gasteiger charge is 2.40. The minimum atomic E-state index is -0.796. The molecule has 3 heterocycles. The second kappa shape index (κ2) is 9.08. The standard InChI is InChI=1S/C27H29ClN2O4/c1-17-23-21(33-25(17)26(32)29-12-5-15-30-13-3-4-14-30)10-11-22-24(23)20(31)16-27(2,34-22)18-6-8-19(28)9-7-18/h6-11H,3-5,12-16H2,1-2H3,(H,29,32)/t27-/m0/s1. The van der Waals surface area contributed by atoms with Gasteiger partial charge in [-0.15, -0.1) is 0 Å². The molecule has 1 saturated heterocycles. The van der Waals surface area contributed by atoms with Gasteiger partial charge in [-0.25, -0.2) is 0 Å². The summed E-state index contributed by atoms with van der Waals surface area (Å²) in [5, 5.41) is 4.26. The number of nitrogens with one attached hydrogen (secondary N) is 1. The maximum atomic E-state index is 13.4. The van der Waals surface area contributed by atoms with Crippen molar-refractivity contribution in [2.45, 2.75) is 45.1 Å². The van der Waals surface area contributed by atoms with E-state index in [0.717, 1.165) is 31.6 Å². The Morgan fingerprint density at radius 2 is 1.88 bits per heavy atom. The molecule has 0 saturated carbocycles. The van der Waals surface area contributed by atoms with Crippen LogP contribution in [-0.2, 0) is 5.60 Å². The molecule has 0 aliphatic carbocycles. The van der Waals surface area contributed by atoms with Crippen molar-refractivity contribution in [3.05, 3.63) is 63.9 Å². The molecule has 1 fully saturated rings. The number of nitrogens with zero attached hydrogens (tertiary/aromatic N) is 1. The van der Waals surface area contributed by atoms with Gasteiger partial charge in [0.05, 0.1) is 12.0 Å². The minimum Gasteiger partial charge on any atom is -0.482 e. The summed E-state index contributed by atoms with van der Waals surface area (Å²) in [6.07, 6.45) is 3.60. The summed E-state index contributed by atoms with van der Waals surface area (Å²) in [7, 11) is 0. The van der Waals surface area contributed by atoms with E-state index in [-0.39, 0.29) is 23.9 Å².